The standard InChI is InChI=1S/C20H32/c1-6-19(4)12-13-20(5)15(14-19)9-10-16-17(20)8-7-11-18(16,2)3/h6,10,15,17H,1,7-9,11-14H2,2-5H3/t15-,17-,19-,20-/m0/s1. The van der Waals surface area contributed by atoms with Crippen molar-refractivity contribution < 1.29 is 0 Å². The van der Waals surface area contributed by atoms with Gasteiger partial charge in [-0.1, -0.05) is 51.8 Å². The van der Waals surface area contributed by atoms with Gasteiger partial charge in [0.25, 0.3) is 0 Å². The highest BCUT2D eigenvalue weighted by Gasteiger charge is 2.52. The fraction of sp³-hybridized carbons (Fsp3) is 0.800. The van der Waals surface area contributed by atoms with Gasteiger partial charge in [0.15, 0.2) is 0 Å². The van der Waals surface area contributed by atoms with E-state index in [1.165, 1.54) is 44.9 Å². The Morgan fingerprint density at radius 1 is 1.15 bits per heavy atom. The first-order valence-corrected chi connectivity index (χ1v) is 8.65. The number of rotatable bonds is 1. The highest BCUT2D eigenvalue weighted by molar-refractivity contribution is 5.26. The van der Waals surface area contributed by atoms with Crippen molar-refractivity contribution in [3.8, 4) is 0 Å². The average molecular weight is 272 g/mol. The summed E-state index contributed by atoms with van der Waals surface area (Å²) in [4.78, 5) is 0. The maximum Gasteiger partial charge on any atom is -0.0141 e. The molecule has 0 bridgehead atoms. The van der Waals surface area contributed by atoms with Gasteiger partial charge < -0.3 is 0 Å². The van der Waals surface area contributed by atoms with E-state index in [1.807, 2.05) is 5.57 Å². The predicted octanol–water partition coefficient (Wildman–Crippen LogP) is 6.14. The Morgan fingerprint density at radius 3 is 2.60 bits per heavy atom. The van der Waals surface area contributed by atoms with Crippen LogP contribution in [0.3, 0.4) is 0 Å². The number of hydrogen-bond acceptors (Lipinski definition) is 0. The van der Waals surface area contributed by atoms with Crippen LogP contribution in [0.4, 0.5) is 0 Å². The van der Waals surface area contributed by atoms with E-state index in [0.717, 1.165) is 11.8 Å². The van der Waals surface area contributed by atoms with Gasteiger partial charge >= 0.3 is 0 Å². The smallest absolute Gasteiger partial charge is 0.0141 e. The van der Waals surface area contributed by atoms with E-state index in [0.29, 0.717) is 16.2 Å². The molecule has 0 aromatic heterocycles. The summed E-state index contributed by atoms with van der Waals surface area (Å²) in [6.45, 7) is 14.1. The third kappa shape index (κ3) is 2.02. The molecule has 0 N–H and O–H groups in total. The molecule has 0 heteroatoms. The second-order valence-electron chi connectivity index (χ2n) is 8.99. The Labute approximate surface area is 125 Å². The van der Waals surface area contributed by atoms with Crippen molar-refractivity contribution in [3.05, 3.63) is 24.3 Å². The van der Waals surface area contributed by atoms with Crippen molar-refractivity contribution in [2.75, 3.05) is 0 Å². The predicted molar refractivity (Wildman–Crippen MR) is 87.6 cm³/mol. The third-order valence-corrected chi connectivity index (χ3v) is 7.24. The SMILES string of the molecule is C=C[C@@]1(C)CC[C@@]2(C)[C@@H](CC=C3[C@@H]2CCCC3(C)C)C1. The number of fused-ring (bicyclic) bond motifs is 3. The molecule has 0 nitrogen and oxygen atoms in total. The van der Waals surface area contributed by atoms with Crippen molar-refractivity contribution >= 4 is 0 Å². The summed E-state index contributed by atoms with van der Waals surface area (Å²) in [7, 11) is 0. The second-order valence-corrected chi connectivity index (χ2v) is 8.99. The summed E-state index contributed by atoms with van der Waals surface area (Å²) in [6.07, 6.45) is 14.5. The Morgan fingerprint density at radius 2 is 1.90 bits per heavy atom. The zero-order valence-electron chi connectivity index (χ0n) is 14.0. The highest BCUT2D eigenvalue weighted by atomic mass is 14.6. The molecule has 4 atom stereocenters. The summed E-state index contributed by atoms with van der Waals surface area (Å²) < 4.78 is 0. The maximum absolute atomic E-state index is 4.11. The molecule has 0 aromatic carbocycles. The number of hydrogen-bond donors (Lipinski definition) is 0. The zero-order chi connectivity index (χ0) is 14.6. The second kappa shape index (κ2) is 4.49. The van der Waals surface area contributed by atoms with Crippen LogP contribution in [0.1, 0.15) is 72.6 Å². The molecule has 2 fully saturated rings. The summed E-state index contributed by atoms with van der Waals surface area (Å²) in [5.74, 6) is 1.74. The highest BCUT2D eigenvalue weighted by Crippen LogP contribution is 2.63. The van der Waals surface area contributed by atoms with Gasteiger partial charge in [-0.2, -0.15) is 0 Å². The largest absolute Gasteiger partial charge is 0.103 e. The Bertz CT molecular complexity index is 441. The lowest BCUT2D eigenvalue weighted by Gasteiger charge is -2.58. The van der Waals surface area contributed by atoms with Crippen molar-refractivity contribution in [2.24, 2.45) is 28.1 Å². The molecular weight excluding hydrogens is 240 g/mol. The van der Waals surface area contributed by atoms with Gasteiger partial charge in [0.2, 0.25) is 0 Å². The van der Waals surface area contributed by atoms with Crippen LogP contribution in [-0.4, -0.2) is 0 Å². The van der Waals surface area contributed by atoms with Gasteiger partial charge in [0.1, 0.15) is 0 Å². The van der Waals surface area contributed by atoms with Gasteiger partial charge in [-0.15, -0.1) is 6.58 Å². The van der Waals surface area contributed by atoms with Crippen LogP contribution in [0.25, 0.3) is 0 Å². The van der Waals surface area contributed by atoms with Crippen molar-refractivity contribution in [3.63, 3.8) is 0 Å². The molecule has 20 heavy (non-hydrogen) atoms. The van der Waals surface area contributed by atoms with E-state index < -0.39 is 0 Å². The van der Waals surface area contributed by atoms with E-state index in [4.69, 9.17) is 0 Å². The van der Waals surface area contributed by atoms with Crippen LogP contribution in [0, 0.1) is 28.1 Å². The molecule has 3 rings (SSSR count). The monoisotopic (exact) mass is 272 g/mol. The summed E-state index contributed by atoms with van der Waals surface area (Å²) in [5.41, 5.74) is 3.21. The Balaban J connectivity index is 1.94. The van der Waals surface area contributed by atoms with E-state index in [2.05, 4.69) is 46.4 Å². The van der Waals surface area contributed by atoms with Crippen LogP contribution in [0.2, 0.25) is 0 Å². The van der Waals surface area contributed by atoms with Gasteiger partial charge in [-0.05, 0) is 66.6 Å². The van der Waals surface area contributed by atoms with Gasteiger partial charge in [-0.25, -0.2) is 0 Å². The summed E-state index contributed by atoms with van der Waals surface area (Å²) >= 11 is 0. The molecular formula is C20H32. The third-order valence-electron chi connectivity index (χ3n) is 7.24. The van der Waals surface area contributed by atoms with Crippen LogP contribution in [0.5, 0.6) is 0 Å². The molecule has 0 saturated heterocycles. The lowest BCUT2D eigenvalue weighted by molar-refractivity contribution is -0.0131. The lowest BCUT2D eigenvalue weighted by atomic mass is 9.47. The molecule has 0 unspecified atom stereocenters. The van der Waals surface area contributed by atoms with Crippen LogP contribution < -0.4 is 0 Å². The Kier molecular flexibility index (Phi) is 3.23. The van der Waals surface area contributed by atoms with Crippen LogP contribution >= 0.6 is 0 Å². The van der Waals surface area contributed by atoms with E-state index in [9.17, 15) is 0 Å². The topological polar surface area (TPSA) is 0 Å². The number of allylic oxidation sites excluding steroid dienone is 3. The molecule has 3 aliphatic carbocycles. The molecule has 3 aliphatic rings. The molecule has 0 amide bonds. The first kappa shape index (κ1) is 14.4. The van der Waals surface area contributed by atoms with Crippen molar-refractivity contribution in [1.82, 2.24) is 0 Å². The minimum Gasteiger partial charge on any atom is -0.103 e. The van der Waals surface area contributed by atoms with Crippen LogP contribution in [0.15, 0.2) is 24.3 Å². The van der Waals surface area contributed by atoms with E-state index >= 15 is 0 Å². The first-order chi connectivity index (χ1) is 9.31. The zero-order valence-corrected chi connectivity index (χ0v) is 14.0. The fourth-order valence-electron chi connectivity index (χ4n) is 5.55. The van der Waals surface area contributed by atoms with E-state index in [-0.39, 0.29) is 0 Å². The van der Waals surface area contributed by atoms with E-state index in [1.54, 1.807) is 0 Å². The van der Waals surface area contributed by atoms with Crippen molar-refractivity contribution in [2.45, 2.75) is 72.6 Å². The van der Waals surface area contributed by atoms with Gasteiger partial charge in [-0.3, -0.25) is 0 Å². The fourth-order valence-corrected chi connectivity index (χ4v) is 5.55. The molecule has 0 heterocycles. The van der Waals surface area contributed by atoms with Gasteiger partial charge in [0.05, 0.1) is 0 Å². The molecule has 0 aliphatic heterocycles. The molecule has 112 valence electrons. The minimum atomic E-state index is 0.389. The van der Waals surface area contributed by atoms with Gasteiger partial charge in [0, 0.05) is 0 Å². The molecule has 0 spiro atoms. The van der Waals surface area contributed by atoms with Crippen molar-refractivity contribution in [1.29, 1.82) is 0 Å². The first-order valence-electron chi connectivity index (χ1n) is 8.65. The quantitative estimate of drug-likeness (QED) is 0.503. The molecule has 2 saturated carbocycles. The lowest BCUT2D eigenvalue weighted by Crippen LogP contribution is -2.48. The molecule has 0 radical (unpaired) electrons. The average Bonchev–Trinajstić information content (AvgIpc) is 2.40. The molecule has 0 aromatic rings. The Hall–Kier alpha value is -0.520. The van der Waals surface area contributed by atoms with Crippen LogP contribution in [-0.2, 0) is 0 Å². The summed E-state index contributed by atoms with van der Waals surface area (Å²) in [6, 6.07) is 0. The maximum atomic E-state index is 4.11. The summed E-state index contributed by atoms with van der Waals surface area (Å²) in [5, 5.41) is 0. The normalized spacial score (nSPS) is 46.9. The minimum absolute atomic E-state index is 0.389.